The van der Waals surface area contributed by atoms with Crippen LogP contribution in [0, 0.1) is 0 Å². The molecule has 0 aliphatic rings. The van der Waals surface area contributed by atoms with Crippen LogP contribution in [0.2, 0.25) is 0 Å². The second kappa shape index (κ2) is 18.3. The predicted molar refractivity (Wildman–Crippen MR) is 102 cm³/mol. The van der Waals surface area contributed by atoms with Crippen LogP contribution in [0.15, 0.2) is 24.3 Å². The molecule has 3 heteroatoms. The van der Waals surface area contributed by atoms with Crippen molar-refractivity contribution in [2.45, 2.75) is 104 Å². The van der Waals surface area contributed by atoms with Crippen LogP contribution in [0.3, 0.4) is 0 Å². The van der Waals surface area contributed by atoms with E-state index >= 15 is 0 Å². The van der Waals surface area contributed by atoms with Crippen LogP contribution in [-0.2, 0) is 9.53 Å². The van der Waals surface area contributed by atoms with Gasteiger partial charge in [-0.15, -0.1) is 0 Å². The minimum absolute atomic E-state index is 0.282. The van der Waals surface area contributed by atoms with Gasteiger partial charge in [0.1, 0.15) is 0 Å². The summed E-state index contributed by atoms with van der Waals surface area (Å²) in [5, 5.41) is 9.20. The van der Waals surface area contributed by atoms with Crippen molar-refractivity contribution in [2.24, 2.45) is 0 Å². The summed E-state index contributed by atoms with van der Waals surface area (Å²) >= 11 is 0. The molecule has 24 heavy (non-hydrogen) atoms. The fourth-order valence-electron chi connectivity index (χ4n) is 2.37. The number of allylic oxidation sites excluding steroid dienone is 4. The van der Waals surface area contributed by atoms with Gasteiger partial charge in [0, 0.05) is 12.8 Å². The topological polar surface area (TPSA) is 46.5 Å². The normalized spacial score (nSPS) is 13.0. The molecule has 0 radical (unpaired) electrons. The molecule has 1 N–H and O–H groups in total. The van der Waals surface area contributed by atoms with Gasteiger partial charge >= 0.3 is 5.97 Å². The lowest BCUT2D eigenvalue weighted by atomic mass is 10.1. The molecular weight excluding hydrogens is 300 g/mol. The molecule has 0 aromatic rings. The zero-order valence-electron chi connectivity index (χ0n) is 15.8. The Balaban J connectivity index is 3.30. The molecule has 1 atom stereocenters. The maximum atomic E-state index is 11.3. The van der Waals surface area contributed by atoms with E-state index in [4.69, 9.17) is 4.74 Å². The van der Waals surface area contributed by atoms with Gasteiger partial charge in [0.05, 0.1) is 0 Å². The molecule has 0 heterocycles. The van der Waals surface area contributed by atoms with Crippen LogP contribution < -0.4 is 0 Å². The van der Waals surface area contributed by atoms with Crippen LogP contribution in [0.1, 0.15) is 97.3 Å². The Labute approximate surface area is 149 Å². The summed E-state index contributed by atoms with van der Waals surface area (Å²) < 4.78 is 4.82. The van der Waals surface area contributed by atoms with Gasteiger partial charge in [-0.2, -0.15) is 0 Å². The molecular formula is C21H38O3. The predicted octanol–water partition coefficient (Wildman–Crippen LogP) is 6.07. The van der Waals surface area contributed by atoms with Gasteiger partial charge in [-0.25, -0.2) is 0 Å². The first-order valence-electron chi connectivity index (χ1n) is 9.88. The SMILES string of the molecule is CCCCC/C=C\C/C=C/CCCCCCCC(=O)OC(O)CC. The molecule has 0 spiro atoms. The summed E-state index contributed by atoms with van der Waals surface area (Å²) in [6, 6.07) is 0. The van der Waals surface area contributed by atoms with Crippen LogP contribution in [0.5, 0.6) is 0 Å². The lowest BCUT2D eigenvalue weighted by molar-refractivity contribution is -0.168. The van der Waals surface area contributed by atoms with E-state index in [1.165, 1.54) is 38.5 Å². The standard InChI is InChI=1S/C21H38O3/c1-3-5-6-7-8-9-10-11-12-13-14-15-16-17-18-19-21(23)24-20(22)4-2/h8-9,11-12,20,22H,3-7,10,13-19H2,1-2H3/b9-8-,12-11+. The fourth-order valence-corrected chi connectivity index (χ4v) is 2.37. The fraction of sp³-hybridized carbons (Fsp3) is 0.762. The van der Waals surface area contributed by atoms with Crippen molar-refractivity contribution in [1.82, 2.24) is 0 Å². The van der Waals surface area contributed by atoms with E-state index in [0.717, 1.165) is 32.1 Å². The van der Waals surface area contributed by atoms with Crippen LogP contribution in [0.4, 0.5) is 0 Å². The maximum Gasteiger partial charge on any atom is 0.308 e. The molecule has 0 amide bonds. The first-order chi connectivity index (χ1) is 11.7. The molecule has 0 rings (SSSR count). The highest BCUT2D eigenvalue weighted by atomic mass is 16.6. The molecule has 0 aromatic carbocycles. The van der Waals surface area contributed by atoms with Gasteiger partial charge in [0.15, 0.2) is 6.29 Å². The first-order valence-corrected chi connectivity index (χ1v) is 9.88. The summed E-state index contributed by atoms with van der Waals surface area (Å²) in [7, 11) is 0. The van der Waals surface area contributed by atoms with Gasteiger partial charge in [0.25, 0.3) is 0 Å². The van der Waals surface area contributed by atoms with E-state index in [1.54, 1.807) is 6.92 Å². The lowest BCUT2D eigenvalue weighted by Gasteiger charge is -2.09. The van der Waals surface area contributed by atoms with Gasteiger partial charge in [-0.1, -0.05) is 70.3 Å². The van der Waals surface area contributed by atoms with E-state index < -0.39 is 6.29 Å². The molecule has 0 saturated carbocycles. The Morgan fingerprint density at radius 2 is 1.46 bits per heavy atom. The van der Waals surface area contributed by atoms with Crippen molar-refractivity contribution in [1.29, 1.82) is 0 Å². The zero-order valence-corrected chi connectivity index (χ0v) is 15.8. The number of esters is 1. The maximum absolute atomic E-state index is 11.3. The summed E-state index contributed by atoms with van der Waals surface area (Å²) in [6.45, 7) is 4.02. The van der Waals surface area contributed by atoms with E-state index in [-0.39, 0.29) is 5.97 Å². The molecule has 1 unspecified atom stereocenters. The quantitative estimate of drug-likeness (QED) is 0.161. The van der Waals surface area contributed by atoms with Crippen molar-refractivity contribution >= 4 is 5.97 Å². The Morgan fingerprint density at radius 1 is 0.875 bits per heavy atom. The lowest BCUT2D eigenvalue weighted by Crippen LogP contribution is -2.16. The van der Waals surface area contributed by atoms with E-state index in [2.05, 4.69) is 31.2 Å². The van der Waals surface area contributed by atoms with Gasteiger partial charge < -0.3 is 9.84 Å². The van der Waals surface area contributed by atoms with Crippen LogP contribution in [0.25, 0.3) is 0 Å². The number of ether oxygens (including phenoxy) is 1. The highest BCUT2D eigenvalue weighted by molar-refractivity contribution is 5.69. The summed E-state index contributed by atoms with van der Waals surface area (Å²) in [5.41, 5.74) is 0. The number of carbonyl (C=O) groups excluding carboxylic acids is 1. The van der Waals surface area contributed by atoms with Gasteiger partial charge in [-0.3, -0.25) is 4.79 Å². The van der Waals surface area contributed by atoms with Crippen molar-refractivity contribution < 1.29 is 14.6 Å². The first kappa shape index (κ1) is 22.9. The minimum Gasteiger partial charge on any atom is -0.436 e. The second-order valence-corrected chi connectivity index (χ2v) is 6.33. The number of carbonyl (C=O) groups is 1. The van der Waals surface area contributed by atoms with Crippen LogP contribution in [-0.4, -0.2) is 17.4 Å². The van der Waals surface area contributed by atoms with Crippen molar-refractivity contribution in [3.8, 4) is 0 Å². The number of hydrogen-bond donors (Lipinski definition) is 1. The molecule has 0 bridgehead atoms. The molecule has 140 valence electrons. The van der Waals surface area contributed by atoms with Gasteiger partial charge in [0.2, 0.25) is 0 Å². The minimum atomic E-state index is -0.935. The van der Waals surface area contributed by atoms with E-state index in [9.17, 15) is 9.90 Å². The van der Waals surface area contributed by atoms with Crippen molar-refractivity contribution in [3.05, 3.63) is 24.3 Å². The molecule has 0 aromatic heterocycles. The van der Waals surface area contributed by atoms with E-state index in [1.807, 2.05) is 0 Å². The molecule has 0 fully saturated rings. The van der Waals surface area contributed by atoms with Crippen LogP contribution >= 0.6 is 0 Å². The number of aliphatic hydroxyl groups excluding tert-OH is 1. The molecule has 3 nitrogen and oxygen atoms in total. The number of unbranched alkanes of at least 4 members (excludes halogenated alkanes) is 8. The third-order valence-corrected chi connectivity index (χ3v) is 3.95. The average Bonchev–Trinajstić information content (AvgIpc) is 2.58. The zero-order chi connectivity index (χ0) is 17.9. The highest BCUT2D eigenvalue weighted by Gasteiger charge is 2.07. The van der Waals surface area contributed by atoms with Crippen molar-refractivity contribution in [3.63, 3.8) is 0 Å². The molecule has 0 saturated heterocycles. The smallest absolute Gasteiger partial charge is 0.308 e. The average molecular weight is 339 g/mol. The number of hydrogen-bond acceptors (Lipinski definition) is 3. The molecule has 0 aliphatic heterocycles. The monoisotopic (exact) mass is 338 g/mol. The summed E-state index contributed by atoms with van der Waals surface area (Å²) in [6.07, 6.45) is 21.9. The third kappa shape index (κ3) is 17.3. The molecule has 0 aliphatic carbocycles. The Hall–Kier alpha value is -1.09. The van der Waals surface area contributed by atoms with E-state index in [0.29, 0.717) is 12.8 Å². The Kier molecular flexibility index (Phi) is 17.4. The second-order valence-electron chi connectivity index (χ2n) is 6.33. The number of aliphatic hydroxyl groups is 1. The number of rotatable bonds is 16. The largest absolute Gasteiger partial charge is 0.436 e. The van der Waals surface area contributed by atoms with Gasteiger partial charge in [-0.05, 0) is 38.5 Å². The summed E-state index contributed by atoms with van der Waals surface area (Å²) in [4.78, 5) is 11.3. The Bertz CT molecular complexity index is 334. The van der Waals surface area contributed by atoms with Crippen molar-refractivity contribution in [2.75, 3.05) is 0 Å². The summed E-state index contributed by atoms with van der Waals surface area (Å²) in [5.74, 6) is -0.282. The highest BCUT2D eigenvalue weighted by Crippen LogP contribution is 2.09. The third-order valence-electron chi connectivity index (χ3n) is 3.95. The Morgan fingerprint density at radius 3 is 2.08 bits per heavy atom.